The summed E-state index contributed by atoms with van der Waals surface area (Å²) in [4.78, 5) is 30.5. The maximum atomic E-state index is 12.4. The molecule has 0 aromatic carbocycles. The lowest BCUT2D eigenvalue weighted by Crippen LogP contribution is -2.38. The fraction of sp³-hybridized carbons (Fsp3) is 0.625. The van der Waals surface area contributed by atoms with Gasteiger partial charge in [-0.1, -0.05) is 11.6 Å². The Morgan fingerprint density at radius 2 is 2.06 bits per heavy atom. The van der Waals surface area contributed by atoms with E-state index >= 15 is 0 Å². The number of carbonyl (C=O) groups is 2. The molecule has 2 aromatic rings. The Hall–Kier alpha value is -3.21. The predicted octanol–water partition coefficient (Wildman–Crippen LogP) is 2.65. The van der Waals surface area contributed by atoms with Gasteiger partial charge < -0.3 is 23.8 Å². The molecule has 1 saturated heterocycles. The topological polar surface area (TPSA) is 118 Å². The monoisotopic (exact) mass is 487 g/mol. The first-order valence-corrected chi connectivity index (χ1v) is 12.0. The van der Waals surface area contributed by atoms with E-state index in [1.54, 1.807) is 29.7 Å². The number of rotatable bonds is 8. The smallest absolute Gasteiger partial charge is 0.409 e. The van der Waals surface area contributed by atoms with Crippen molar-refractivity contribution in [3.05, 3.63) is 23.5 Å². The minimum Gasteiger partial charge on any atom is -0.488 e. The van der Waals surface area contributed by atoms with Crippen molar-refractivity contribution in [2.75, 3.05) is 27.3 Å². The number of methoxy groups -OCH3 is 1. The first-order valence-electron chi connectivity index (χ1n) is 12.0. The number of esters is 1. The third-order valence-corrected chi connectivity index (χ3v) is 6.62. The van der Waals surface area contributed by atoms with Crippen LogP contribution in [0.4, 0.5) is 4.79 Å². The second-order valence-electron chi connectivity index (χ2n) is 9.17. The van der Waals surface area contributed by atoms with Crippen molar-refractivity contribution in [1.29, 1.82) is 0 Å². The second kappa shape index (κ2) is 11.0. The SMILES string of the molecule is COC(=O)[C@H]1C[C@@H](Oc2ccc(-c3nnn(C)c3COC(=O)N(C)CC3CCC3)nc2C)CCO1. The number of carbonyl (C=O) groups excluding carboxylic acids is 2. The Morgan fingerprint density at radius 3 is 2.74 bits per heavy atom. The van der Waals surface area contributed by atoms with Gasteiger partial charge in [0.1, 0.15) is 29.8 Å². The molecule has 0 N–H and O–H groups in total. The molecule has 2 aliphatic rings. The molecule has 0 spiro atoms. The molecule has 0 unspecified atom stereocenters. The third-order valence-electron chi connectivity index (χ3n) is 6.62. The van der Waals surface area contributed by atoms with Gasteiger partial charge in [0.05, 0.1) is 25.1 Å². The van der Waals surface area contributed by atoms with Gasteiger partial charge in [0, 0.05) is 33.5 Å². The van der Waals surface area contributed by atoms with Crippen LogP contribution in [0, 0.1) is 12.8 Å². The van der Waals surface area contributed by atoms with Crippen molar-refractivity contribution >= 4 is 12.1 Å². The average Bonchev–Trinajstić information content (AvgIpc) is 3.20. The maximum absolute atomic E-state index is 12.4. The number of hydrogen-bond donors (Lipinski definition) is 0. The van der Waals surface area contributed by atoms with Crippen molar-refractivity contribution in [2.24, 2.45) is 13.0 Å². The molecule has 4 rings (SSSR count). The Labute approximate surface area is 204 Å². The summed E-state index contributed by atoms with van der Waals surface area (Å²) in [6, 6.07) is 3.63. The Morgan fingerprint density at radius 1 is 1.26 bits per heavy atom. The highest BCUT2D eigenvalue weighted by Crippen LogP contribution is 2.28. The molecule has 0 radical (unpaired) electrons. The summed E-state index contributed by atoms with van der Waals surface area (Å²) in [5.41, 5.74) is 2.49. The molecule has 11 heteroatoms. The fourth-order valence-electron chi connectivity index (χ4n) is 4.27. The lowest BCUT2D eigenvalue weighted by Gasteiger charge is -2.29. The minimum atomic E-state index is -0.621. The summed E-state index contributed by atoms with van der Waals surface area (Å²) in [5.74, 6) is 0.800. The molecule has 2 atom stereocenters. The van der Waals surface area contributed by atoms with Crippen LogP contribution >= 0.6 is 0 Å². The Kier molecular flexibility index (Phi) is 7.84. The fourth-order valence-corrected chi connectivity index (χ4v) is 4.27. The van der Waals surface area contributed by atoms with E-state index in [4.69, 9.17) is 18.9 Å². The standard InChI is InChI=1S/C24H33N5O6/c1-15-20(35-17-10-11-33-21(12-17)23(30)32-4)9-8-18(25-15)22-19(29(3)27-26-22)14-34-24(31)28(2)13-16-6-5-7-16/h8-9,16-17,21H,5-7,10-14H2,1-4H3/t17-,21+/m0/s1. The number of amides is 1. The summed E-state index contributed by atoms with van der Waals surface area (Å²) in [5, 5.41) is 8.34. The summed E-state index contributed by atoms with van der Waals surface area (Å²) >= 11 is 0. The van der Waals surface area contributed by atoms with Gasteiger partial charge in [-0.05, 0) is 37.8 Å². The largest absolute Gasteiger partial charge is 0.488 e. The third kappa shape index (κ3) is 5.90. The highest BCUT2D eigenvalue weighted by atomic mass is 16.6. The normalized spacial score (nSPS) is 20.1. The maximum Gasteiger partial charge on any atom is 0.409 e. The quantitative estimate of drug-likeness (QED) is 0.518. The molecular weight excluding hydrogens is 454 g/mol. The van der Waals surface area contributed by atoms with Gasteiger partial charge in [0.15, 0.2) is 6.10 Å². The first-order chi connectivity index (χ1) is 16.9. The van der Waals surface area contributed by atoms with Gasteiger partial charge in [0.25, 0.3) is 0 Å². The van der Waals surface area contributed by atoms with Crippen molar-refractivity contribution in [2.45, 2.75) is 57.8 Å². The highest BCUT2D eigenvalue weighted by molar-refractivity contribution is 5.74. The molecule has 1 saturated carbocycles. The number of aromatic nitrogens is 4. The van der Waals surface area contributed by atoms with Crippen LogP contribution in [0.5, 0.6) is 5.75 Å². The predicted molar refractivity (Wildman–Crippen MR) is 125 cm³/mol. The highest BCUT2D eigenvalue weighted by Gasteiger charge is 2.30. The van der Waals surface area contributed by atoms with Gasteiger partial charge in [-0.15, -0.1) is 5.10 Å². The zero-order valence-electron chi connectivity index (χ0n) is 20.7. The van der Waals surface area contributed by atoms with Crippen LogP contribution in [0.2, 0.25) is 0 Å². The van der Waals surface area contributed by atoms with Crippen molar-refractivity contribution < 1.29 is 28.5 Å². The van der Waals surface area contributed by atoms with E-state index in [0.717, 1.165) is 0 Å². The van der Waals surface area contributed by atoms with Gasteiger partial charge in [-0.2, -0.15) is 0 Å². The molecule has 3 heterocycles. The van der Waals surface area contributed by atoms with Crippen molar-refractivity contribution in [3.63, 3.8) is 0 Å². The van der Waals surface area contributed by atoms with E-state index in [0.29, 0.717) is 60.4 Å². The zero-order chi connectivity index (χ0) is 24.9. The second-order valence-corrected chi connectivity index (χ2v) is 9.17. The van der Waals surface area contributed by atoms with Gasteiger partial charge in [-0.25, -0.2) is 19.3 Å². The van der Waals surface area contributed by atoms with E-state index in [2.05, 4.69) is 15.3 Å². The summed E-state index contributed by atoms with van der Waals surface area (Å²) in [6.45, 7) is 3.03. The lowest BCUT2D eigenvalue weighted by atomic mass is 9.85. The van der Waals surface area contributed by atoms with Gasteiger partial charge >= 0.3 is 12.1 Å². The molecule has 190 valence electrons. The van der Waals surface area contributed by atoms with Crippen LogP contribution in [0.1, 0.15) is 43.5 Å². The molecule has 1 aliphatic heterocycles. The van der Waals surface area contributed by atoms with Crippen molar-refractivity contribution in [3.8, 4) is 17.1 Å². The van der Waals surface area contributed by atoms with Gasteiger partial charge in [0.2, 0.25) is 0 Å². The van der Waals surface area contributed by atoms with Crippen LogP contribution in [-0.4, -0.2) is 76.5 Å². The molecule has 2 fully saturated rings. The van der Waals surface area contributed by atoms with Gasteiger partial charge in [-0.3, -0.25) is 0 Å². The van der Waals surface area contributed by atoms with E-state index in [1.807, 2.05) is 13.0 Å². The molecular formula is C24H33N5O6. The van der Waals surface area contributed by atoms with Crippen LogP contribution in [0.3, 0.4) is 0 Å². The first kappa shape index (κ1) is 24.9. The number of ether oxygens (including phenoxy) is 4. The molecule has 0 bridgehead atoms. The molecule has 1 aliphatic carbocycles. The number of hydrogen-bond acceptors (Lipinski definition) is 9. The number of pyridine rings is 1. The Bertz CT molecular complexity index is 1050. The van der Waals surface area contributed by atoms with Crippen LogP contribution in [-0.2, 0) is 32.7 Å². The molecule has 11 nitrogen and oxygen atoms in total. The summed E-state index contributed by atoms with van der Waals surface area (Å²) in [6.07, 6.45) is 3.49. The van der Waals surface area contributed by atoms with E-state index in [9.17, 15) is 9.59 Å². The summed E-state index contributed by atoms with van der Waals surface area (Å²) < 4.78 is 23.5. The zero-order valence-corrected chi connectivity index (χ0v) is 20.7. The number of nitrogens with zero attached hydrogens (tertiary/aromatic N) is 5. The van der Waals surface area contributed by atoms with Crippen LogP contribution in [0.25, 0.3) is 11.4 Å². The lowest BCUT2D eigenvalue weighted by molar-refractivity contribution is -0.160. The van der Waals surface area contributed by atoms with E-state index < -0.39 is 12.1 Å². The van der Waals surface area contributed by atoms with E-state index in [1.165, 1.54) is 26.4 Å². The van der Waals surface area contributed by atoms with Crippen molar-refractivity contribution in [1.82, 2.24) is 24.9 Å². The van der Waals surface area contributed by atoms with Crippen LogP contribution < -0.4 is 4.74 Å². The molecule has 2 aromatic heterocycles. The average molecular weight is 488 g/mol. The van der Waals surface area contributed by atoms with Crippen LogP contribution in [0.15, 0.2) is 12.1 Å². The number of aryl methyl sites for hydroxylation is 2. The minimum absolute atomic E-state index is 0.0443. The van der Waals surface area contributed by atoms with E-state index in [-0.39, 0.29) is 18.8 Å². The summed E-state index contributed by atoms with van der Waals surface area (Å²) in [7, 11) is 4.86. The molecule has 1 amide bonds. The Balaban J connectivity index is 1.40. The molecule has 35 heavy (non-hydrogen) atoms.